The first kappa shape index (κ1) is 16.7. The minimum absolute atomic E-state index is 0.220. The molecular weight excluding hydrogens is 320 g/mol. The van der Waals surface area contributed by atoms with Crippen LogP contribution in [0.25, 0.3) is 0 Å². The summed E-state index contributed by atoms with van der Waals surface area (Å²) in [5.74, 6) is -1.19. The molecule has 0 aromatic heterocycles. The molecule has 0 fully saturated rings. The Morgan fingerprint density at radius 3 is 2.52 bits per heavy atom. The molecule has 1 N–H and O–H groups in total. The number of carbonyl (C=O) groups excluding carboxylic acids is 3. The standard InChI is InChI=1S/C19H18N2O4/c1-21(2)18(23)14-9-5-6-10-15(14)20-17(22)16-11-12-7-3-4-8-13(12)19(24)25-16/h3-10,16H,11H2,1-2H3,(H,20,22). The minimum atomic E-state index is -0.926. The number of ether oxygens (including phenoxy) is 1. The van der Waals surface area contributed by atoms with Gasteiger partial charge in [0.2, 0.25) is 0 Å². The number of carbonyl (C=O) groups is 3. The molecule has 0 saturated carbocycles. The summed E-state index contributed by atoms with van der Waals surface area (Å²) < 4.78 is 5.25. The molecule has 25 heavy (non-hydrogen) atoms. The number of fused-ring (bicyclic) bond motifs is 1. The molecule has 1 unspecified atom stereocenters. The highest BCUT2D eigenvalue weighted by Gasteiger charge is 2.31. The fourth-order valence-corrected chi connectivity index (χ4v) is 2.71. The van der Waals surface area contributed by atoms with Crippen molar-refractivity contribution in [1.82, 2.24) is 4.90 Å². The van der Waals surface area contributed by atoms with Crippen LogP contribution in [0.3, 0.4) is 0 Å². The van der Waals surface area contributed by atoms with Gasteiger partial charge in [0, 0.05) is 20.5 Å². The van der Waals surface area contributed by atoms with Gasteiger partial charge in [0.1, 0.15) is 0 Å². The van der Waals surface area contributed by atoms with Gasteiger partial charge in [-0.1, -0.05) is 30.3 Å². The molecule has 0 spiro atoms. The van der Waals surface area contributed by atoms with Gasteiger partial charge in [-0.2, -0.15) is 0 Å². The normalized spacial score (nSPS) is 15.8. The van der Waals surface area contributed by atoms with Gasteiger partial charge in [-0.3, -0.25) is 9.59 Å². The van der Waals surface area contributed by atoms with E-state index in [9.17, 15) is 14.4 Å². The maximum Gasteiger partial charge on any atom is 0.339 e. The average molecular weight is 338 g/mol. The maximum atomic E-state index is 12.6. The zero-order valence-electron chi connectivity index (χ0n) is 14.0. The van der Waals surface area contributed by atoms with Crippen molar-refractivity contribution in [3.8, 4) is 0 Å². The largest absolute Gasteiger partial charge is 0.448 e. The van der Waals surface area contributed by atoms with Gasteiger partial charge >= 0.3 is 5.97 Å². The van der Waals surface area contributed by atoms with E-state index < -0.39 is 18.0 Å². The summed E-state index contributed by atoms with van der Waals surface area (Å²) in [6.45, 7) is 0. The summed E-state index contributed by atoms with van der Waals surface area (Å²) in [6, 6.07) is 13.8. The first-order valence-corrected chi connectivity index (χ1v) is 7.88. The Kier molecular flexibility index (Phi) is 4.52. The number of nitrogens with one attached hydrogen (secondary N) is 1. The zero-order chi connectivity index (χ0) is 18.0. The molecule has 1 atom stereocenters. The van der Waals surface area contributed by atoms with E-state index in [1.54, 1.807) is 56.6 Å². The van der Waals surface area contributed by atoms with E-state index in [4.69, 9.17) is 4.74 Å². The lowest BCUT2D eigenvalue weighted by Gasteiger charge is -2.24. The maximum absolute atomic E-state index is 12.6. The molecule has 6 heteroatoms. The molecule has 2 aromatic carbocycles. The second-order valence-corrected chi connectivity index (χ2v) is 5.99. The highest BCUT2D eigenvalue weighted by atomic mass is 16.5. The quantitative estimate of drug-likeness (QED) is 0.870. The molecule has 1 aliphatic rings. The van der Waals surface area contributed by atoms with Gasteiger partial charge in [0.05, 0.1) is 16.8 Å². The van der Waals surface area contributed by atoms with E-state index in [2.05, 4.69) is 5.32 Å². The van der Waals surface area contributed by atoms with Crippen LogP contribution in [0.15, 0.2) is 48.5 Å². The van der Waals surface area contributed by atoms with Gasteiger partial charge < -0.3 is 15.0 Å². The highest BCUT2D eigenvalue weighted by Crippen LogP contribution is 2.23. The minimum Gasteiger partial charge on any atom is -0.448 e. The Morgan fingerprint density at radius 1 is 1.08 bits per heavy atom. The van der Waals surface area contributed by atoms with Gasteiger partial charge in [-0.25, -0.2) is 4.79 Å². The molecule has 1 heterocycles. The number of anilines is 1. The molecule has 128 valence electrons. The Balaban J connectivity index is 1.80. The van der Waals surface area contributed by atoms with E-state index in [1.165, 1.54) is 4.90 Å². The molecule has 3 rings (SSSR count). The molecule has 2 aromatic rings. The molecule has 0 aliphatic carbocycles. The predicted molar refractivity (Wildman–Crippen MR) is 92.4 cm³/mol. The van der Waals surface area contributed by atoms with Crippen LogP contribution in [-0.4, -0.2) is 42.9 Å². The van der Waals surface area contributed by atoms with Crippen molar-refractivity contribution in [1.29, 1.82) is 0 Å². The third-order valence-corrected chi connectivity index (χ3v) is 4.01. The van der Waals surface area contributed by atoms with Gasteiger partial charge in [0.15, 0.2) is 6.10 Å². The number of hydrogen-bond donors (Lipinski definition) is 1. The van der Waals surface area contributed by atoms with Crippen LogP contribution < -0.4 is 5.32 Å². The van der Waals surface area contributed by atoms with Gasteiger partial charge in [0.25, 0.3) is 11.8 Å². The van der Waals surface area contributed by atoms with Crippen molar-refractivity contribution in [2.75, 3.05) is 19.4 Å². The summed E-state index contributed by atoms with van der Waals surface area (Å²) in [7, 11) is 3.28. The first-order chi connectivity index (χ1) is 12.0. The van der Waals surface area contributed by atoms with Crippen molar-refractivity contribution >= 4 is 23.5 Å². The highest BCUT2D eigenvalue weighted by molar-refractivity contribution is 6.05. The lowest BCUT2D eigenvalue weighted by molar-refractivity contribution is -0.125. The van der Waals surface area contributed by atoms with Gasteiger partial charge in [-0.05, 0) is 23.8 Å². The van der Waals surface area contributed by atoms with Crippen molar-refractivity contribution in [2.45, 2.75) is 12.5 Å². The fraction of sp³-hybridized carbons (Fsp3) is 0.211. The Bertz CT molecular complexity index is 845. The average Bonchev–Trinajstić information content (AvgIpc) is 2.61. The third-order valence-electron chi connectivity index (χ3n) is 4.01. The molecule has 6 nitrogen and oxygen atoms in total. The van der Waals surface area contributed by atoms with Crippen molar-refractivity contribution < 1.29 is 19.1 Å². The van der Waals surface area contributed by atoms with Crippen LogP contribution in [0.4, 0.5) is 5.69 Å². The summed E-state index contributed by atoms with van der Waals surface area (Å²) >= 11 is 0. The number of nitrogens with zero attached hydrogens (tertiary/aromatic N) is 1. The molecule has 0 radical (unpaired) electrons. The van der Waals surface area contributed by atoms with Crippen LogP contribution in [0.1, 0.15) is 26.3 Å². The molecule has 0 saturated heterocycles. The Hall–Kier alpha value is -3.15. The monoisotopic (exact) mass is 338 g/mol. The van der Waals surface area contributed by atoms with Crippen LogP contribution in [0, 0.1) is 0 Å². The van der Waals surface area contributed by atoms with Crippen LogP contribution in [-0.2, 0) is 16.0 Å². The van der Waals surface area contributed by atoms with E-state index in [0.29, 0.717) is 23.2 Å². The van der Waals surface area contributed by atoms with Crippen molar-refractivity contribution in [3.05, 3.63) is 65.2 Å². The second kappa shape index (κ2) is 6.76. The number of amides is 2. The molecular formula is C19H18N2O4. The fourth-order valence-electron chi connectivity index (χ4n) is 2.71. The zero-order valence-corrected chi connectivity index (χ0v) is 14.0. The summed E-state index contributed by atoms with van der Waals surface area (Å²) in [4.78, 5) is 38.3. The number of benzene rings is 2. The summed E-state index contributed by atoms with van der Waals surface area (Å²) in [5.41, 5.74) is 2.02. The predicted octanol–water partition coefficient (Wildman–Crippen LogP) is 2.11. The lowest BCUT2D eigenvalue weighted by atomic mass is 9.98. The van der Waals surface area contributed by atoms with Crippen molar-refractivity contribution in [3.63, 3.8) is 0 Å². The van der Waals surface area contributed by atoms with E-state index in [-0.39, 0.29) is 5.91 Å². The number of para-hydroxylation sites is 1. The third kappa shape index (κ3) is 3.38. The molecule has 1 aliphatic heterocycles. The number of esters is 1. The topological polar surface area (TPSA) is 75.7 Å². The van der Waals surface area contributed by atoms with E-state index >= 15 is 0 Å². The van der Waals surface area contributed by atoms with Gasteiger partial charge in [-0.15, -0.1) is 0 Å². The van der Waals surface area contributed by atoms with E-state index in [0.717, 1.165) is 5.56 Å². The Morgan fingerprint density at radius 2 is 1.76 bits per heavy atom. The number of hydrogen-bond acceptors (Lipinski definition) is 4. The Labute approximate surface area is 145 Å². The van der Waals surface area contributed by atoms with E-state index in [1.807, 2.05) is 6.07 Å². The van der Waals surface area contributed by atoms with Crippen LogP contribution in [0.2, 0.25) is 0 Å². The lowest BCUT2D eigenvalue weighted by Crippen LogP contribution is -2.38. The van der Waals surface area contributed by atoms with Crippen molar-refractivity contribution in [2.24, 2.45) is 0 Å². The number of rotatable bonds is 3. The molecule has 0 bridgehead atoms. The smallest absolute Gasteiger partial charge is 0.339 e. The summed E-state index contributed by atoms with van der Waals surface area (Å²) in [6.07, 6.45) is -0.623. The summed E-state index contributed by atoms with van der Waals surface area (Å²) in [5, 5.41) is 2.70. The first-order valence-electron chi connectivity index (χ1n) is 7.88. The van der Waals surface area contributed by atoms with Crippen LogP contribution in [0.5, 0.6) is 0 Å². The SMILES string of the molecule is CN(C)C(=O)c1ccccc1NC(=O)C1Cc2ccccc2C(=O)O1. The number of cyclic esters (lactones) is 1. The molecule has 2 amide bonds. The second-order valence-electron chi connectivity index (χ2n) is 5.99. The van der Waals surface area contributed by atoms with Crippen LogP contribution >= 0.6 is 0 Å².